The Labute approximate surface area is 117 Å². The second-order valence-electron chi connectivity index (χ2n) is 5.81. The van der Waals surface area contributed by atoms with Crippen molar-refractivity contribution in [2.75, 3.05) is 0 Å². The first kappa shape index (κ1) is 14.6. The van der Waals surface area contributed by atoms with Gasteiger partial charge in [0.25, 0.3) is 0 Å². The number of rotatable bonds is 5. The fraction of sp³-hybridized carbons (Fsp3) is 0.812. The number of aryl methyl sites for hydroxylation is 1. The lowest BCUT2D eigenvalue weighted by atomic mass is 9.84. The monoisotopic (exact) mass is 263 g/mol. The van der Waals surface area contributed by atoms with Crippen molar-refractivity contribution < 1.29 is 0 Å². The van der Waals surface area contributed by atoms with E-state index in [0.29, 0.717) is 12.6 Å². The van der Waals surface area contributed by atoms with Gasteiger partial charge in [0.05, 0.1) is 11.7 Å². The average Bonchev–Trinajstić information content (AvgIpc) is 2.84. The highest BCUT2D eigenvalue weighted by Gasteiger charge is 2.25. The standard InChI is InChI=1S/C16H29N3/c1-4-12-7-9-13(10-8-12)19-16(6-3)14(11-17)15(5-2)18-19/h12-13H,4-11,17H2,1-3H3. The van der Waals surface area contributed by atoms with Crippen molar-refractivity contribution in [2.24, 2.45) is 11.7 Å². The molecule has 0 atom stereocenters. The second kappa shape index (κ2) is 6.56. The first-order chi connectivity index (χ1) is 9.24. The largest absolute Gasteiger partial charge is 0.326 e. The molecule has 1 aliphatic rings. The minimum absolute atomic E-state index is 0.614. The molecule has 0 bridgehead atoms. The zero-order chi connectivity index (χ0) is 13.8. The van der Waals surface area contributed by atoms with Crippen LogP contribution in [-0.4, -0.2) is 9.78 Å². The van der Waals surface area contributed by atoms with E-state index in [1.807, 2.05) is 0 Å². The van der Waals surface area contributed by atoms with Crippen molar-refractivity contribution in [1.82, 2.24) is 9.78 Å². The molecule has 2 N–H and O–H groups in total. The van der Waals surface area contributed by atoms with Crippen LogP contribution < -0.4 is 5.73 Å². The molecule has 0 amide bonds. The number of hydrogen-bond acceptors (Lipinski definition) is 2. The molecule has 0 saturated heterocycles. The molecule has 19 heavy (non-hydrogen) atoms. The van der Waals surface area contributed by atoms with Gasteiger partial charge in [-0.05, 0) is 44.4 Å². The molecule has 1 heterocycles. The lowest BCUT2D eigenvalue weighted by Crippen LogP contribution is -2.20. The lowest BCUT2D eigenvalue weighted by Gasteiger charge is -2.29. The molecular weight excluding hydrogens is 234 g/mol. The van der Waals surface area contributed by atoms with E-state index in [1.165, 1.54) is 49.1 Å². The summed E-state index contributed by atoms with van der Waals surface area (Å²) in [5.74, 6) is 0.941. The molecule has 1 fully saturated rings. The summed E-state index contributed by atoms with van der Waals surface area (Å²) in [5.41, 5.74) is 9.85. The van der Waals surface area contributed by atoms with Gasteiger partial charge in [-0.25, -0.2) is 0 Å². The van der Waals surface area contributed by atoms with Gasteiger partial charge in [-0.2, -0.15) is 5.10 Å². The molecule has 1 aromatic heterocycles. The number of nitrogens with zero attached hydrogens (tertiary/aromatic N) is 2. The molecule has 3 heteroatoms. The van der Waals surface area contributed by atoms with Gasteiger partial charge in [0.2, 0.25) is 0 Å². The van der Waals surface area contributed by atoms with Gasteiger partial charge in [-0.1, -0.05) is 27.2 Å². The van der Waals surface area contributed by atoms with Crippen molar-refractivity contribution in [3.63, 3.8) is 0 Å². The fourth-order valence-electron chi connectivity index (χ4n) is 3.55. The second-order valence-corrected chi connectivity index (χ2v) is 5.81. The van der Waals surface area contributed by atoms with E-state index >= 15 is 0 Å². The first-order valence-electron chi connectivity index (χ1n) is 8.04. The van der Waals surface area contributed by atoms with Crippen molar-refractivity contribution in [3.8, 4) is 0 Å². The Morgan fingerprint density at radius 2 is 1.79 bits per heavy atom. The van der Waals surface area contributed by atoms with E-state index < -0.39 is 0 Å². The highest BCUT2D eigenvalue weighted by atomic mass is 15.3. The highest BCUT2D eigenvalue weighted by molar-refractivity contribution is 5.27. The van der Waals surface area contributed by atoms with Crippen LogP contribution in [-0.2, 0) is 19.4 Å². The molecule has 2 rings (SSSR count). The maximum Gasteiger partial charge on any atom is 0.0669 e. The minimum atomic E-state index is 0.614. The van der Waals surface area contributed by atoms with Crippen LogP contribution in [0.5, 0.6) is 0 Å². The Kier molecular flexibility index (Phi) is 5.03. The summed E-state index contributed by atoms with van der Waals surface area (Å²) >= 11 is 0. The van der Waals surface area contributed by atoms with Crippen LogP contribution in [0.15, 0.2) is 0 Å². The van der Waals surface area contributed by atoms with Crippen LogP contribution in [0.1, 0.15) is 75.9 Å². The Morgan fingerprint density at radius 1 is 1.11 bits per heavy atom. The molecular formula is C16H29N3. The predicted octanol–water partition coefficient (Wildman–Crippen LogP) is 3.61. The van der Waals surface area contributed by atoms with E-state index in [-0.39, 0.29) is 0 Å². The van der Waals surface area contributed by atoms with Crippen LogP contribution in [0.25, 0.3) is 0 Å². The quantitative estimate of drug-likeness (QED) is 0.882. The van der Waals surface area contributed by atoms with Gasteiger partial charge >= 0.3 is 0 Å². The zero-order valence-corrected chi connectivity index (χ0v) is 12.8. The lowest BCUT2D eigenvalue weighted by molar-refractivity contribution is 0.252. The smallest absolute Gasteiger partial charge is 0.0669 e. The maximum atomic E-state index is 5.94. The summed E-state index contributed by atoms with van der Waals surface area (Å²) in [5, 5.41) is 4.88. The Hall–Kier alpha value is -0.830. The third-order valence-corrected chi connectivity index (χ3v) is 4.82. The SMILES string of the molecule is CCc1nn(C2CCC(CC)CC2)c(CC)c1CN. The highest BCUT2D eigenvalue weighted by Crippen LogP contribution is 2.35. The van der Waals surface area contributed by atoms with E-state index in [1.54, 1.807) is 0 Å². The molecule has 0 unspecified atom stereocenters. The van der Waals surface area contributed by atoms with Gasteiger partial charge in [0, 0.05) is 17.8 Å². The topological polar surface area (TPSA) is 43.8 Å². The molecule has 0 spiro atoms. The van der Waals surface area contributed by atoms with Crippen LogP contribution >= 0.6 is 0 Å². The molecule has 1 aromatic rings. The number of nitrogens with two attached hydrogens (primary N) is 1. The minimum Gasteiger partial charge on any atom is -0.326 e. The van der Waals surface area contributed by atoms with Gasteiger partial charge in [0.15, 0.2) is 0 Å². The van der Waals surface area contributed by atoms with Crippen molar-refractivity contribution in [1.29, 1.82) is 0 Å². The summed E-state index contributed by atoms with van der Waals surface area (Å²) in [7, 11) is 0. The summed E-state index contributed by atoms with van der Waals surface area (Å²) in [6.45, 7) is 7.36. The van der Waals surface area contributed by atoms with Crippen LogP contribution in [0.2, 0.25) is 0 Å². The van der Waals surface area contributed by atoms with E-state index in [0.717, 1.165) is 18.8 Å². The third kappa shape index (κ3) is 2.86. The van der Waals surface area contributed by atoms with E-state index in [4.69, 9.17) is 10.8 Å². The zero-order valence-electron chi connectivity index (χ0n) is 12.8. The van der Waals surface area contributed by atoms with Gasteiger partial charge in [0.1, 0.15) is 0 Å². The third-order valence-electron chi connectivity index (χ3n) is 4.82. The van der Waals surface area contributed by atoms with Crippen LogP contribution in [0.3, 0.4) is 0 Å². The van der Waals surface area contributed by atoms with E-state index in [9.17, 15) is 0 Å². The first-order valence-corrected chi connectivity index (χ1v) is 8.04. The summed E-state index contributed by atoms with van der Waals surface area (Å²) in [6, 6.07) is 0.614. The van der Waals surface area contributed by atoms with Crippen LogP contribution in [0, 0.1) is 5.92 Å². The summed E-state index contributed by atoms with van der Waals surface area (Å²) in [4.78, 5) is 0. The van der Waals surface area contributed by atoms with Gasteiger partial charge in [-0.3, -0.25) is 4.68 Å². The van der Waals surface area contributed by atoms with E-state index in [2.05, 4.69) is 25.5 Å². The maximum absolute atomic E-state index is 5.94. The molecule has 1 aliphatic carbocycles. The van der Waals surface area contributed by atoms with Crippen molar-refractivity contribution in [2.45, 2.75) is 78.3 Å². The number of hydrogen-bond donors (Lipinski definition) is 1. The van der Waals surface area contributed by atoms with Gasteiger partial charge in [-0.15, -0.1) is 0 Å². The summed E-state index contributed by atoms with van der Waals surface area (Å²) in [6.07, 6.45) is 8.69. The Morgan fingerprint density at radius 3 is 2.26 bits per heavy atom. The normalized spacial score (nSPS) is 23.8. The Balaban J connectivity index is 2.22. The summed E-state index contributed by atoms with van der Waals surface area (Å²) < 4.78 is 2.33. The molecule has 3 nitrogen and oxygen atoms in total. The molecule has 0 aliphatic heterocycles. The average molecular weight is 263 g/mol. The van der Waals surface area contributed by atoms with Crippen molar-refractivity contribution >= 4 is 0 Å². The number of aromatic nitrogens is 2. The Bertz CT molecular complexity index is 400. The molecule has 0 aromatic carbocycles. The van der Waals surface area contributed by atoms with Gasteiger partial charge < -0.3 is 5.73 Å². The molecule has 0 radical (unpaired) electrons. The predicted molar refractivity (Wildman–Crippen MR) is 80.2 cm³/mol. The van der Waals surface area contributed by atoms with Crippen molar-refractivity contribution in [3.05, 3.63) is 17.0 Å². The van der Waals surface area contributed by atoms with Crippen LogP contribution in [0.4, 0.5) is 0 Å². The fourth-order valence-corrected chi connectivity index (χ4v) is 3.55. The molecule has 108 valence electrons. The molecule has 1 saturated carbocycles.